The molecule has 0 aliphatic rings. The summed E-state index contributed by atoms with van der Waals surface area (Å²) >= 11 is 0. The van der Waals surface area contributed by atoms with Crippen LogP contribution in [0.1, 0.15) is 52.7 Å². The lowest BCUT2D eigenvalue weighted by atomic mass is 9.79. The van der Waals surface area contributed by atoms with Gasteiger partial charge in [-0.3, -0.25) is 9.55 Å². The highest BCUT2D eigenvalue weighted by Crippen LogP contribution is 2.45. The molecule has 0 fully saturated rings. The summed E-state index contributed by atoms with van der Waals surface area (Å²) in [6, 6.07) is 48.2. The van der Waals surface area contributed by atoms with Gasteiger partial charge in [-0.15, -0.1) is 0 Å². The van der Waals surface area contributed by atoms with E-state index in [0.29, 0.717) is 11.4 Å². The molecule has 5 heteroatoms. The van der Waals surface area contributed by atoms with E-state index in [4.69, 9.17) is 14.4 Å². The average Bonchev–Trinajstić information content (AvgIpc) is 3.76. The number of hydrogen-bond acceptors (Lipinski definition) is 4. The minimum absolute atomic E-state index is 0.150. The summed E-state index contributed by atoms with van der Waals surface area (Å²) in [5, 5.41) is 14.2. The standard InChI is InChI=1S/C50H43N3O2/c1-49(2,3)35-29-39(47(54)40(30-35)50(4,5)6)48-52-46-37(21-15-22-41(46)53(48)36-18-11-8-12-19-36)33-26-32(31-16-9-7-10-17-31)27-34(28-33)45-44-38-20-13-14-23-42(38)55-43(44)24-25-51-45/h7-30,54H,1-6H3. The van der Waals surface area contributed by atoms with Gasteiger partial charge in [-0.2, -0.15) is 0 Å². The normalized spacial score (nSPS) is 12.3. The van der Waals surface area contributed by atoms with E-state index in [9.17, 15) is 5.11 Å². The number of rotatable bonds is 5. The van der Waals surface area contributed by atoms with Gasteiger partial charge in [0.25, 0.3) is 0 Å². The minimum Gasteiger partial charge on any atom is -0.507 e. The molecule has 55 heavy (non-hydrogen) atoms. The second-order valence-corrected chi connectivity index (χ2v) is 16.5. The number of hydrogen-bond donors (Lipinski definition) is 1. The third kappa shape index (κ3) is 5.97. The topological polar surface area (TPSA) is 64.1 Å². The van der Waals surface area contributed by atoms with Crippen molar-refractivity contribution in [2.75, 3.05) is 0 Å². The Morgan fingerprint density at radius 3 is 2.02 bits per heavy atom. The fourth-order valence-electron chi connectivity index (χ4n) is 7.77. The van der Waals surface area contributed by atoms with E-state index in [0.717, 1.165) is 83.3 Å². The molecule has 0 aliphatic heterocycles. The highest BCUT2D eigenvalue weighted by molar-refractivity contribution is 6.11. The Morgan fingerprint density at radius 1 is 0.582 bits per heavy atom. The predicted octanol–water partition coefficient (Wildman–Crippen LogP) is 13.3. The van der Waals surface area contributed by atoms with E-state index in [1.165, 1.54) is 0 Å². The second-order valence-electron chi connectivity index (χ2n) is 16.5. The lowest BCUT2D eigenvalue weighted by Crippen LogP contribution is -2.17. The highest BCUT2D eigenvalue weighted by Gasteiger charge is 2.29. The first-order valence-electron chi connectivity index (χ1n) is 18.9. The Labute approximate surface area is 321 Å². The Kier molecular flexibility index (Phi) is 8.01. The molecule has 0 atom stereocenters. The molecule has 0 spiro atoms. The molecule has 0 radical (unpaired) electrons. The summed E-state index contributed by atoms with van der Waals surface area (Å²) in [5.74, 6) is 0.952. The molecule has 9 aromatic rings. The Bertz CT molecular complexity index is 2890. The smallest absolute Gasteiger partial charge is 0.149 e. The first kappa shape index (κ1) is 34.3. The molecule has 3 aromatic heterocycles. The third-order valence-corrected chi connectivity index (χ3v) is 10.6. The molecule has 0 amide bonds. The van der Waals surface area contributed by atoms with Gasteiger partial charge in [0.2, 0.25) is 0 Å². The van der Waals surface area contributed by atoms with E-state index in [2.05, 4.69) is 137 Å². The van der Waals surface area contributed by atoms with Crippen LogP contribution < -0.4 is 0 Å². The van der Waals surface area contributed by atoms with Crippen LogP contribution in [-0.4, -0.2) is 19.6 Å². The van der Waals surface area contributed by atoms with Crippen molar-refractivity contribution < 1.29 is 9.52 Å². The lowest BCUT2D eigenvalue weighted by Gasteiger charge is -2.27. The first-order valence-corrected chi connectivity index (χ1v) is 18.9. The monoisotopic (exact) mass is 717 g/mol. The number of benzene rings is 6. The highest BCUT2D eigenvalue weighted by atomic mass is 16.3. The van der Waals surface area contributed by atoms with Crippen LogP contribution in [0.2, 0.25) is 0 Å². The van der Waals surface area contributed by atoms with Gasteiger partial charge in [0.15, 0.2) is 0 Å². The van der Waals surface area contributed by atoms with Crippen LogP contribution in [0.25, 0.3) is 83.6 Å². The van der Waals surface area contributed by atoms with Crippen molar-refractivity contribution in [1.82, 2.24) is 14.5 Å². The quantitative estimate of drug-likeness (QED) is 0.192. The zero-order chi connectivity index (χ0) is 38.1. The Balaban J connectivity index is 1.35. The number of aromatic hydroxyl groups is 1. The van der Waals surface area contributed by atoms with Crippen LogP contribution in [0.3, 0.4) is 0 Å². The van der Waals surface area contributed by atoms with Gasteiger partial charge in [0.1, 0.15) is 22.7 Å². The van der Waals surface area contributed by atoms with Crippen LogP contribution in [0.5, 0.6) is 5.75 Å². The molecular weight excluding hydrogens is 675 g/mol. The van der Waals surface area contributed by atoms with Crippen molar-refractivity contribution in [1.29, 1.82) is 0 Å². The molecular formula is C50H43N3O2. The van der Waals surface area contributed by atoms with Crippen molar-refractivity contribution in [3.05, 3.63) is 157 Å². The number of fused-ring (bicyclic) bond motifs is 4. The number of imidazole rings is 1. The molecule has 0 aliphatic carbocycles. The van der Waals surface area contributed by atoms with Crippen LogP contribution in [-0.2, 0) is 10.8 Å². The SMILES string of the molecule is CC(C)(C)c1cc(-c2nc3c(-c4cc(-c5ccccc5)cc(-c5nccc6oc7ccccc7c56)c4)cccc3n2-c2ccccc2)c(O)c(C(C)(C)C)c1. The van der Waals surface area contributed by atoms with E-state index in [-0.39, 0.29) is 16.6 Å². The van der Waals surface area contributed by atoms with Crippen molar-refractivity contribution in [3.63, 3.8) is 0 Å². The molecule has 0 bridgehead atoms. The van der Waals surface area contributed by atoms with Crippen LogP contribution >= 0.6 is 0 Å². The predicted molar refractivity (Wildman–Crippen MR) is 227 cm³/mol. The van der Waals surface area contributed by atoms with E-state index < -0.39 is 0 Å². The molecule has 6 aromatic carbocycles. The number of aromatic nitrogens is 3. The lowest BCUT2D eigenvalue weighted by molar-refractivity contribution is 0.446. The van der Waals surface area contributed by atoms with Gasteiger partial charge >= 0.3 is 0 Å². The van der Waals surface area contributed by atoms with Gasteiger partial charge in [-0.1, -0.05) is 126 Å². The van der Waals surface area contributed by atoms with Crippen molar-refractivity contribution in [3.8, 4) is 56.3 Å². The first-order chi connectivity index (χ1) is 26.5. The van der Waals surface area contributed by atoms with E-state index in [1.54, 1.807) is 0 Å². The Hall–Kier alpha value is -6.46. The summed E-state index contributed by atoms with van der Waals surface area (Å²) in [7, 11) is 0. The fourth-order valence-corrected chi connectivity index (χ4v) is 7.77. The third-order valence-electron chi connectivity index (χ3n) is 10.6. The van der Waals surface area contributed by atoms with Crippen molar-refractivity contribution in [2.45, 2.75) is 52.4 Å². The average molecular weight is 718 g/mol. The van der Waals surface area contributed by atoms with Gasteiger partial charge in [0.05, 0.1) is 27.7 Å². The van der Waals surface area contributed by atoms with E-state index in [1.807, 2.05) is 54.7 Å². The summed E-state index contributed by atoms with van der Waals surface area (Å²) in [6.07, 6.45) is 1.83. The maximum absolute atomic E-state index is 12.2. The van der Waals surface area contributed by atoms with Crippen LogP contribution in [0, 0.1) is 0 Å². The van der Waals surface area contributed by atoms with Crippen molar-refractivity contribution >= 4 is 33.0 Å². The minimum atomic E-state index is -0.291. The molecule has 0 saturated heterocycles. The zero-order valence-electron chi connectivity index (χ0n) is 32.1. The molecule has 3 heterocycles. The largest absolute Gasteiger partial charge is 0.507 e. The number of pyridine rings is 1. The van der Waals surface area contributed by atoms with Gasteiger partial charge < -0.3 is 9.52 Å². The number of phenols is 1. The second kappa shape index (κ2) is 12.8. The summed E-state index contributed by atoms with van der Waals surface area (Å²) in [4.78, 5) is 10.5. The van der Waals surface area contributed by atoms with E-state index >= 15 is 0 Å². The number of furan rings is 1. The van der Waals surface area contributed by atoms with Gasteiger partial charge in [-0.05, 0) is 87.7 Å². The van der Waals surface area contributed by atoms with Crippen LogP contribution in [0.4, 0.5) is 0 Å². The molecule has 1 N–H and O–H groups in total. The number of nitrogens with zero attached hydrogens (tertiary/aromatic N) is 3. The molecule has 270 valence electrons. The molecule has 0 unspecified atom stereocenters. The molecule has 0 saturated carbocycles. The van der Waals surface area contributed by atoms with Gasteiger partial charge in [0, 0.05) is 34.0 Å². The molecule has 9 rings (SSSR count). The maximum Gasteiger partial charge on any atom is 0.149 e. The van der Waals surface area contributed by atoms with Gasteiger partial charge in [-0.25, -0.2) is 4.98 Å². The summed E-state index contributed by atoms with van der Waals surface area (Å²) in [5.41, 5.74) is 12.7. The fraction of sp³-hybridized carbons (Fsp3) is 0.160. The van der Waals surface area contributed by atoms with Crippen molar-refractivity contribution in [2.24, 2.45) is 0 Å². The summed E-state index contributed by atoms with van der Waals surface area (Å²) < 4.78 is 8.49. The molecule has 5 nitrogen and oxygen atoms in total. The van der Waals surface area contributed by atoms with Crippen LogP contribution in [0.15, 0.2) is 150 Å². The zero-order valence-corrected chi connectivity index (χ0v) is 32.1. The maximum atomic E-state index is 12.2. The Morgan fingerprint density at radius 2 is 1.27 bits per heavy atom. The summed E-state index contributed by atoms with van der Waals surface area (Å²) in [6.45, 7) is 13.1. The number of phenolic OH excluding ortho intramolecular Hbond substituents is 1. The number of para-hydroxylation sites is 3.